The van der Waals surface area contributed by atoms with Crippen LogP contribution in [0, 0.1) is 11.8 Å². The Bertz CT molecular complexity index is 499. The first-order valence-corrected chi connectivity index (χ1v) is 8.12. The Labute approximate surface area is 127 Å². The van der Waals surface area contributed by atoms with Crippen LogP contribution in [0.3, 0.4) is 0 Å². The van der Waals surface area contributed by atoms with E-state index >= 15 is 0 Å². The maximum absolute atomic E-state index is 13.1. The Morgan fingerprint density at radius 3 is 2.00 bits per heavy atom. The highest BCUT2D eigenvalue weighted by Gasteiger charge is 2.38. The van der Waals surface area contributed by atoms with Crippen LogP contribution in [0.25, 0.3) is 0 Å². The Morgan fingerprint density at radius 1 is 1.10 bits per heavy atom. The van der Waals surface area contributed by atoms with Crippen molar-refractivity contribution in [1.29, 1.82) is 0 Å². The van der Waals surface area contributed by atoms with Gasteiger partial charge in [0.05, 0.1) is 5.41 Å². The van der Waals surface area contributed by atoms with Crippen LogP contribution in [-0.4, -0.2) is 23.9 Å². The molecular formula is C18H26N2O. The molecule has 1 aromatic rings. The molecule has 3 nitrogen and oxygen atoms in total. The minimum atomic E-state index is -0.475. The molecule has 2 fully saturated rings. The number of carbonyl (C=O) groups excluding carboxylic acids is 1. The zero-order valence-corrected chi connectivity index (χ0v) is 13.1. The Kier molecular flexibility index (Phi) is 3.68. The molecule has 0 atom stereocenters. The fourth-order valence-corrected chi connectivity index (χ4v) is 2.88. The molecule has 0 aliphatic heterocycles. The quantitative estimate of drug-likeness (QED) is 0.816. The number of anilines is 1. The van der Waals surface area contributed by atoms with Gasteiger partial charge in [-0.1, -0.05) is 12.1 Å². The van der Waals surface area contributed by atoms with E-state index < -0.39 is 5.41 Å². The molecular weight excluding hydrogens is 260 g/mol. The monoisotopic (exact) mass is 286 g/mol. The van der Waals surface area contributed by atoms with Gasteiger partial charge in [0.1, 0.15) is 0 Å². The zero-order chi connectivity index (χ0) is 15.0. The maximum Gasteiger partial charge on any atom is 0.232 e. The first-order chi connectivity index (χ1) is 9.96. The summed E-state index contributed by atoms with van der Waals surface area (Å²) in [7, 11) is 0. The first kappa shape index (κ1) is 14.4. The molecule has 0 spiro atoms. The fourth-order valence-electron chi connectivity index (χ4n) is 2.88. The van der Waals surface area contributed by atoms with E-state index in [9.17, 15) is 4.79 Å². The van der Waals surface area contributed by atoms with Gasteiger partial charge in [-0.3, -0.25) is 4.79 Å². The third kappa shape index (κ3) is 3.39. The Morgan fingerprint density at radius 2 is 1.57 bits per heavy atom. The van der Waals surface area contributed by atoms with Gasteiger partial charge in [-0.25, -0.2) is 0 Å². The number of hydrogen-bond donors (Lipinski definition) is 1. The van der Waals surface area contributed by atoms with Crippen LogP contribution in [0.4, 0.5) is 5.69 Å². The van der Waals surface area contributed by atoms with Gasteiger partial charge in [0.25, 0.3) is 0 Å². The second-order valence-corrected chi connectivity index (χ2v) is 7.34. The van der Waals surface area contributed by atoms with Gasteiger partial charge < -0.3 is 10.6 Å². The molecule has 1 aromatic carbocycles. The molecule has 21 heavy (non-hydrogen) atoms. The highest BCUT2D eigenvalue weighted by molar-refractivity contribution is 5.87. The van der Waals surface area contributed by atoms with Crippen LogP contribution in [0.1, 0.15) is 45.1 Å². The van der Waals surface area contributed by atoms with Crippen molar-refractivity contribution in [3.63, 3.8) is 0 Å². The molecule has 2 aliphatic carbocycles. The number of rotatable bonds is 6. The van der Waals surface area contributed by atoms with Gasteiger partial charge in [0, 0.05) is 18.8 Å². The fraction of sp³-hybridized carbons (Fsp3) is 0.611. The van der Waals surface area contributed by atoms with Crippen LogP contribution in [0.5, 0.6) is 0 Å². The molecule has 0 aromatic heterocycles. The zero-order valence-electron chi connectivity index (χ0n) is 13.1. The number of hydrogen-bond acceptors (Lipinski definition) is 2. The molecule has 2 N–H and O–H groups in total. The largest absolute Gasteiger partial charge is 0.399 e. The minimum Gasteiger partial charge on any atom is -0.399 e. The van der Waals surface area contributed by atoms with Crippen molar-refractivity contribution in [2.75, 3.05) is 18.8 Å². The summed E-state index contributed by atoms with van der Waals surface area (Å²) >= 11 is 0. The van der Waals surface area contributed by atoms with E-state index in [1.165, 1.54) is 25.7 Å². The standard InChI is InChI=1S/C18H26N2O/c1-18(2,15-7-9-16(19)10-8-15)17(21)20(11-13-3-4-13)12-14-5-6-14/h7-10,13-14H,3-6,11-12,19H2,1-2H3. The molecule has 0 unspecified atom stereocenters. The topological polar surface area (TPSA) is 46.3 Å². The second kappa shape index (κ2) is 5.36. The average molecular weight is 286 g/mol. The van der Waals surface area contributed by atoms with E-state index in [1.54, 1.807) is 0 Å². The number of nitrogens with zero attached hydrogens (tertiary/aromatic N) is 1. The van der Waals surface area contributed by atoms with Crippen LogP contribution < -0.4 is 5.73 Å². The van der Waals surface area contributed by atoms with E-state index in [0.717, 1.165) is 36.2 Å². The van der Waals surface area contributed by atoms with E-state index in [2.05, 4.69) is 4.90 Å². The summed E-state index contributed by atoms with van der Waals surface area (Å²) in [6.45, 7) is 5.97. The van der Waals surface area contributed by atoms with Crippen molar-refractivity contribution < 1.29 is 4.79 Å². The van der Waals surface area contributed by atoms with Gasteiger partial charge in [0.15, 0.2) is 0 Å². The molecule has 2 aliphatic rings. The lowest BCUT2D eigenvalue weighted by Crippen LogP contribution is -2.45. The smallest absolute Gasteiger partial charge is 0.232 e. The van der Waals surface area contributed by atoms with Gasteiger partial charge in [-0.05, 0) is 69.1 Å². The van der Waals surface area contributed by atoms with E-state index in [4.69, 9.17) is 5.73 Å². The van der Waals surface area contributed by atoms with Gasteiger partial charge in [0.2, 0.25) is 5.91 Å². The van der Waals surface area contributed by atoms with E-state index in [-0.39, 0.29) is 5.91 Å². The number of carbonyl (C=O) groups is 1. The third-order valence-corrected chi connectivity index (χ3v) is 4.81. The number of amides is 1. The van der Waals surface area contributed by atoms with Crippen LogP contribution in [0.15, 0.2) is 24.3 Å². The van der Waals surface area contributed by atoms with Crippen molar-refractivity contribution in [2.45, 2.75) is 44.9 Å². The molecule has 3 heteroatoms. The molecule has 114 valence electrons. The predicted molar refractivity (Wildman–Crippen MR) is 85.9 cm³/mol. The number of nitrogen functional groups attached to an aromatic ring is 1. The summed E-state index contributed by atoms with van der Waals surface area (Å²) in [6, 6.07) is 7.74. The van der Waals surface area contributed by atoms with E-state index in [1.807, 2.05) is 38.1 Å². The highest BCUT2D eigenvalue weighted by atomic mass is 16.2. The third-order valence-electron chi connectivity index (χ3n) is 4.81. The number of benzene rings is 1. The molecule has 0 heterocycles. The van der Waals surface area contributed by atoms with Crippen LogP contribution in [-0.2, 0) is 10.2 Å². The van der Waals surface area contributed by atoms with Gasteiger partial charge >= 0.3 is 0 Å². The second-order valence-electron chi connectivity index (χ2n) is 7.34. The lowest BCUT2D eigenvalue weighted by atomic mass is 9.83. The molecule has 3 rings (SSSR count). The molecule has 1 amide bonds. The van der Waals surface area contributed by atoms with Crippen molar-refractivity contribution in [2.24, 2.45) is 11.8 Å². The van der Waals surface area contributed by atoms with Crippen LogP contribution in [0.2, 0.25) is 0 Å². The van der Waals surface area contributed by atoms with Gasteiger partial charge in [-0.2, -0.15) is 0 Å². The average Bonchev–Trinajstić information content (AvgIpc) is 3.33. The summed E-state index contributed by atoms with van der Waals surface area (Å²) in [4.78, 5) is 15.2. The normalized spacial score (nSPS) is 18.6. The molecule has 0 radical (unpaired) electrons. The lowest BCUT2D eigenvalue weighted by molar-refractivity contribution is -0.136. The number of nitrogens with two attached hydrogens (primary N) is 1. The summed E-state index contributed by atoms with van der Waals surface area (Å²) in [5, 5.41) is 0. The first-order valence-electron chi connectivity index (χ1n) is 8.12. The van der Waals surface area contributed by atoms with Crippen LogP contribution >= 0.6 is 0 Å². The molecule has 2 saturated carbocycles. The van der Waals surface area contributed by atoms with Crippen molar-refractivity contribution >= 4 is 11.6 Å². The molecule has 0 bridgehead atoms. The molecule has 0 saturated heterocycles. The summed E-state index contributed by atoms with van der Waals surface area (Å²) in [6.07, 6.45) is 5.15. The predicted octanol–water partition coefficient (Wildman–Crippen LogP) is 3.20. The summed E-state index contributed by atoms with van der Waals surface area (Å²) < 4.78 is 0. The summed E-state index contributed by atoms with van der Waals surface area (Å²) in [5.41, 5.74) is 7.08. The maximum atomic E-state index is 13.1. The van der Waals surface area contributed by atoms with Crippen molar-refractivity contribution in [3.8, 4) is 0 Å². The van der Waals surface area contributed by atoms with Crippen molar-refractivity contribution in [1.82, 2.24) is 4.90 Å². The van der Waals surface area contributed by atoms with Crippen molar-refractivity contribution in [3.05, 3.63) is 29.8 Å². The summed E-state index contributed by atoms with van der Waals surface area (Å²) in [5.74, 6) is 1.76. The highest BCUT2D eigenvalue weighted by Crippen LogP contribution is 2.36. The Hall–Kier alpha value is -1.51. The van der Waals surface area contributed by atoms with Gasteiger partial charge in [-0.15, -0.1) is 0 Å². The minimum absolute atomic E-state index is 0.270. The SMILES string of the molecule is CC(C)(C(=O)N(CC1CC1)CC1CC1)c1ccc(N)cc1. The van der Waals surface area contributed by atoms with E-state index in [0.29, 0.717) is 0 Å². The Balaban J connectivity index is 1.76. The lowest BCUT2D eigenvalue weighted by Gasteiger charge is -2.32.